The highest BCUT2D eigenvalue weighted by Crippen LogP contribution is 2.28. The number of hydrogen-bond acceptors (Lipinski definition) is 4. The molecule has 4 N–H and O–H groups in total. The van der Waals surface area contributed by atoms with Crippen LogP contribution in [0.25, 0.3) is 0 Å². The summed E-state index contributed by atoms with van der Waals surface area (Å²) in [6.07, 6.45) is 0. The summed E-state index contributed by atoms with van der Waals surface area (Å²) in [5, 5.41) is 14.0. The maximum atomic E-state index is 13.8. The van der Waals surface area contributed by atoms with E-state index in [1.807, 2.05) is 6.92 Å². The van der Waals surface area contributed by atoms with Gasteiger partial charge in [0.15, 0.2) is 5.84 Å². The lowest BCUT2D eigenvalue weighted by atomic mass is 10.1. The summed E-state index contributed by atoms with van der Waals surface area (Å²) in [6.45, 7) is 1.86. The number of amides is 1. The lowest BCUT2D eigenvalue weighted by Crippen LogP contribution is -2.20. The fourth-order valence-corrected chi connectivity index (χ4v) is 3.12. The summed E-state index contributed by atoms with van der Waals surface area (Å²) in [6, 6.07) is 5.78. The molecule has 0 atom stereocenters. The zero-order chi connectivity index (χ0) is 15.6. The smallest absolute Gasteiger partial charge is 0.265 e. The SMILES string of the molecule is Cc1cc(C(=O)Nc2cccc(F)c2/C(N)=N/O)sc1Br. The van der Waals surface area contributed by atoms with Gasteiger partial charge in [-0.1, -0.05) is 11.2 Å². The third-order valence-corrected chi connectivity index (χ3v) is 4.84. The van der Waals surface area contributed by atoms with Gasteiger partial charge in [0.2, 0.25) is 0 Å². The van der Waals surface area contributed by atoms with Gasteiger partial charge >= 0.3 is 0 Å². The maximum absolute atomic E-state index is 13.8. The van der Waals surface area contributed by atoms with Crippen molar-refractivity contribution in [2.24, 2.45) is 10.9 Å². The van der Waals surface area contributed by atoms with E-state index in [-0.39, 0.29) is 11.3 Å². The second-order valence-corrected chi connectivity index (χ2v) is 6.54. The zero-order valence-electron chi connectivity index (χ0n) is 10.9. The largest absolute Gasteiger partial charge is 0.409 e. The predicted octanol–water partition coefficient (Wildman–Crippen LogP) is 3.30. The minimum atomic E-state index is -0.688. The van der Waals surface area contributed by atoms with E-state index in [1.54, 1.807) is 6.07 Å². The minimum Gasteiger partial charge on any atom is -0.409 e. The highest BCUT2D eigenvalue weighted by Gasteiger charge is 2.17. The fraction of sp³-hybridized carbons (Fsp3) is 0.0769. The van der Waals surface area contributed by atoms with Gasteiger partial charge in [-0.2, -0.15) is 0 Å². The molecule has 0 aliphatic carbocycles. The van der Waals surface area contributed by atoms with Gasteiger partial charge in [-0.15, -0.1) is 11.3 Å². The average molecular weight is 372 g/mol. The molecular weight excluding hydrogens is 361 g/mol. The van der Waals surface area contributed by atoms with Crippen LogP contribution in [0.5, 0.6) is 0 Å². The van der Waals surface area contributed by atoms with Crippen molar-refractivity contribution in [1.29, 1.82) is 0 Å². The molecule has 1 heterocycles. The quantitative estimate of drug-likeness (QED) is 0.334. The number of amidine groups is 1. The molecule has 0 unspecified atom stereocenters. The van der Waals surface area contributed by atoms with Crippen molar-refractivity contribution in [3.05, 3.63) is 49.9 Å². The van der Waals surface area contributed by atoms with Crippen LogP contribution in [0, 0.1) is 12.7 Å². The van der Waals surface area contributed by atoms with Crippen molar-refractivity contribution < 1.29 is 14.4 Å². The summed E-state index contributed by atoms with van der Waals surface area (Å²) >= 11 is 4.60. The zero-order valence-corrected chi connectivity index (χ0v) is 13.3. The Kier molecular flexibility index (Phi) is 4.59. The monoisotopic (exact) mass is 371 g/mol. The van der Waals surface area contributed by atoms with E-state index in [4.69, 9.17) is 10.9 Å². The first-order valence-corrected chi connectivity index (χ1v) is 7.38. The van der Waals surface area contributed by atoms with Crippen LogP contribution in [0.2, 0.25) is 0 Å². The number of nitrogens with one attached hydrogen (secondary N) is 1. The third-order valence-electron chi connectivity index (χ3n) is 2.71. The number of anilines is 1. The molecule has 0 saturated carbocycles. The van der Waals surface area contributed by atoms with Gasteiger partial charge in [-0.3, -0.25) is 4.79 Å². The molecule has 1 aromatic carbocycles. The number of nitrogens with zero attached hydrogens (tertiary/aromatic N) is 1. The number of thiophene rings is 1. The van der Waals surface area contributed by atoms with Crippen molar-refractivity contribution in [3.8, 4) is 0 Å². The van der Waals surface area contributed by atoms with Crippen LogP contribution >= 0.6 is 27.3 Å². The van der Waals surface area contributed by atoms with Gasteiger partial charge in [-0.25, -0.2) is 4.39 Å². The van der Waals surface area contributed by atoms with Gasteiger partial charge < -0.3 is 16.3 Å². The van der Waals surface area contributed by atoms with Crippen LogP contribution in [0.3, 0.4) is 0 Å². The normalized spacial score (nSPS) is 11.5. The summed E-state index contributed by atoms with van der Waals surface area (Å²) in [7, 11) is 0. The maximum Gasteiger partial charge on any atom is 0.265 e. The Morgan fingerprint density at radius 3 is 2.81 bits per heavy atom. The van der Waals surface area contributed by atoms with Crippen LogP contribution < -0.4 is 11.1 Å². The molecule has 1 amide bonds. The summed E-state index contributed by atoms with van der Waals surface area (Å²) in [5.41, 5.74) is 6.36. The molecule has 0 fully saturated rings. The lowest BCUT2D eigenvalue weighted by Gasteiger charge is -2.10. The Bertz CT molecular complexity index is 711. The second kappa shape index (κ2) is 6.23. The number of halogens is 2. The van der Waals surface area contributed by atoms with Gasteiger partial charge in [0.25, 0.3) is 5.91 Å². The molecule has 0 radical (unpaired) electrons. The molecule has 2 aromatic rings. The van der Waals surface area contributed by atoms with E-state index >= 15 is 0 Å². The van der Waals surface area contributed by atoms with Crippen molar-refractivity contribution in [2.45, 2.75) is 6.92 Å². The molecule has 5 nitrogen and oxygen atoms in total. The molecule has 110 valence electrons. The molecular formula is C13H11BrFN3O2S. The molecule has 0 bridgehead atoms. The van der Waals surface area contributed by atoms with Crippen molar-refractivity contribution >= 4 is 44.7 Å². The van der Waals surface area contributed by atoms with Gasteiger partial charge in [0, 0.05) is 0 Å². The van der Waals surface area contributed by atoms with Crippen molar-refractivity contribution in [2.75, 3.05) is 5.32 Å². The van der Waals surface area contributed by atoms with E-state index < -0.39 is 17.6 Å². The van der Waals surface area contributed by atoms with E-state index in [2.05, 4.69) is 26.4 Å². The highest BCUT2D eigenvalue weighted by atomic mass is 79.9. The van der Waals surface area contributed by atoms with E-state index in [9.17, 15) is 9.18 Å². The molecule has 0 saturated heterocycles. The summed E-state index contributed by atoms with van der Waals surface area (Å²) in [5.74, 6) is -1.50. The average Bonchev–Trinajstić information content (AvgIpc) is 2.78. The van der Waals surface area contributed by atoms with Gasteiger partial charge in [0.1, 0.15) is 5.82 Å². The molecule has 0 spiro atoms. The second-order valence-electron chi connectivity index (χ2n) is 4.17. The van der Waals surface area contributed by atoms with Gasteiger partial charge in [0.05, 0.1) is 19.9 Å². The van der Waals surface area contributed by atoms with E-state index in [0.29, 0.717) is 4.88 Å². The minimum absolute atomic E-state index is 0.137. The standard InChI is InChI=1S/C13H11BrFN3O2S/c1-6-5-9(21-11(6)14)13(19)17-8-4-2-3-7(15)10(8)12(16)18-20/h2-5,20H,1H3,(H2,16,18)(H,17,19). The molecule has 2 rings (SSSR count). The van der Waals surface area contributed by atoms with Crippen LogP contribution in [0.4, 0.5) is 10.1 Å². The number of hydrogen-bond donors (Lipinski definition) is 3. The first-order chi connectivity index (χ1) is 9.93. The fourth-order valence-electron chi connectivity index (χ4n) is 1.69. The summed E-state index contributed by atoms with van der Waals surface area (Å²) in [4.78, 5) is 12.6. The molecule has 0 aliphatic heterocycles. The molecule has 0 aliphatic rings. The van der Waals surface area contributed by atoms with Crippen LogP contribution in [-0.4, -0.2) is 17.0 Å². The number of carbonyl (C=O) groups excluding carboxylic acids is 1. The summed E-state index contributed by atoms with van der Waals surface area (Å²) < 4.78 is 14.6. The molecule has 21 heavy (non-hydrogen) atoms. The number of oxime groups is 1. The van der Waals surface area contributed by atoms with Crippen LogP contribution in [-0.2, 0) is 0 Å². The van der Waals surface area contributed by atoms with Crippen molar-refractivity contribution in [3.63, 3.8) is 0 Å². The van der Waals surface area contributed by atoms with E-state index in [0.717, 1.165) is 15.4 Å². The highest BCUT2D eigenvalue weighted by molar-refractivity contribution is 9.11. The molecule has 1 aromatic heterocycles. The number of carbonyl (C=O) groups is 1. The number of rotatable bonds is 3. The van der Waals surface area contributed by atoms with Gasteiger partial charge in [-0.05, 0) is 46.6 Å². The van der Waals surface area contributed by atoms with Crippen molar-refractivity contribution in [1.82, 2.24) is 0 Å². The number of aryl methyl sites for hydroxylation is 1. The number of benzene rings is 1. The third kappa shape index (κ3) is 3.22. The number of nitrogens with two attached hydrogens (primary N) is 1. The first kappa shape index (κ1) is 15.5. The van der Waals surface area contributed by atoms with Crippen LogP contribution in [0.1, 0.15) is 20.8 Å². The Morgan fingerprint density at radius 2 is 2.24 bits per heavy atom. The Hall–Kier alpha value is -1.93. The molecule has 8 heteroatoms. The Labute approximate surface area is 132 Å². The van der Waals surface area contributed by atoms with Crippen LogP contribution in [0.15, 0.2) is 33.2 Å². The Morgan fingerprint density at radius 1 is 1.52 bits per heavy atom. The lowest BCUT2D eigenvalue weighted by molar-refractivity contribution is 0.103. The van der Waals surface area contributed by atoms with E-state index in [1.165, 1.54) is 23.5 Å². The predicted molar refractivity (Wildman–Crippen MR) is 83.6 cm³/mol. The topological polar surface area (TPSA) is 87.7 Å². The first-order valence-electron chi connectivity index (χ1n) is 5.77. The Balaban J connectivity index is 2.36.